The summed E-state index contributed by atoms with van der Waals surface area (Å²) >= 11 is 6.03. The number of benzene rings is 1. The number of hydrogen-bond donors (Lipinski definition) is 2. The van der Waals surface area contributed by atoms with Crippen molar-refractivity contribution in [2.24, 2.45) is 5.92 Å². The number of hydrogen-bond acceptors (Lipinski definition) is 2. The third-order valence-electron chi connectivity index (χ3n) is 3.33. The highest BCUT2D eigenvalue weighted by atomic mass is 35.5. The van der Waals surface area contributed by atoms with Crippen LogP contribution in [0.15, 0.2) is 18.2 Å². The first-order chi connectivity index (χ1) is 8.65. The van der Waals surface area contributed by atoms with Crippen molar-refractivity contribution in [3.05, 3.63) is 28.8 Å². The Kier molecular flexibility index (Phi) is 4.61. The van der Waals surface area contributed by atoms with E-state index in [1.165, 1.54) is 0 Å². The standard InChI is InChI=1S/C14H19ClN2O/c1-10-4-5-12(8-13(10)15)17-14(18)7-11-3-2-6-16-9-11/h4-5,8,11,16H,2-3,6-7,9H2,1H3,(H,17,18). The topological polar surface area (TPSA) is 41.1 Å². The lowest BCUT2D eigenvalue weighted by molar-refractivity contribution is -0.117. The maximum atomic E-state index is 11.9. The first kappa shape index (κ1) is 13.4. The van der Waals surface area contributed by atoms with Gasteiger partial charge in [-0.25, -0.2) is 0 Å². The van der Waals surface area contributed by atoms with Crippen molar-refractivity contribution in [2.45, 2.75) is 26.2 Å². The van der Waals surface area contributed by atoms with Crippen LogP contribution in [0.3, 0.4) is 0 Å². The molecule has 0 spiro atoms. The van der Waals surface area contributed by atoms with E-state index in [0.29, 0.717) is 17.4 Å². The molecular formula is C14H19ClN2O. The molecule has 2 rings (SSSR count). The number of aryl methyl sites for hydroxylation is 1. The van der Waals surface area contributed by atoms with Crippen LogP contribution in [0.1, 0.15) is 24.8 Å². The fraction of sp³-hybridized carbons (Fsp3) is 0.500. The molecule has 0 radical (unpaired) electrons. The zero-order valence-corrected chi connectivity index (χ0v) is 11.4. The number of halogens is 1. The lowest BCUT2D eigenvalue weighted by Gasteiger charge is -2.22. The molecule has 18 heavy (non-hydrogen) atoms. The van der Waals surface area contributed by atoms with Gasteiger partial charge >= 0.3 is 0 Å². The SMILES string of the molecule is Cc1ccc(NC(=O)CC2CCCNC2)cc1Cl. The summed E-state index contributed by atoms with van der Waals surface area (Å²) in [6.07, 6.45) is 2.88. The van der Waals surface area contributed by atoms with Gasteiger partial charge in [0.25, 0.3) is 0 Å². The molecule has 0 aromatic heterocycles. The molecule has 0 bridgehead atoms. The highest BCUT2D eigenvalue weighted by Gasteiger charge is 2.16. The molecule has 1 aromatic rings. The molecule has 1 heterocycles. The van der Waals surface area contributed by atoms with Gasteiger partial charge < -0.3 is 10.6 Å². The van der Waals surface area contributed by atoms with Gasteiger partial charge in [0.15, 0.2) is 0 Å². The smallest absolute Gasteiger partial charge is 0.224 e. The van der Waals surface area contributed by atoms with Crippen molar-refractivity contribution in [3.8, 4) is 0 Å². The number of rotatable bonds is 3. The first-order valence-electron chi connectivity index (χ1n) is 6.42. The molecule has 4 heteroatoms. The van der Waals surface area contributed by atoms with Crippen LogP contribution in [0.2, 0.25) is 5.02 Å². The molecule has 0 aliphatic carbocycles. The number of carbonyl (C=O) groups excluding carboxylic acids is 1. The van der Waals surface area contributed by atoms with E-state index >= 15 is 0 Å². The van der Waals surface area contributed by atoms with Gasteiger partial charge in [0.2, 0.25) is 5.91 Å². The fourth-order valence-corrected chi connectivity index (χ4v) is 2.42. The molecule has 1 aromatic carbocycles. The second kappa shape index (κ2) is 6.21. The van der Waals surface area contributed by atoms with Gasteiger partial charge in [-0.15, -0.1) is 0 Å². The van der Waals surface area contributed by atoms with Crippen molar-refractivity contribution in [3.63, 3.8) is 0 Å². The van der Waals surface area contributed by atoms with E-state index in [9.17, 15) is 4.79 Å². The Bertz CT molecular complexity index is 428. The summed E-state index contributed by atoms with van der Waals surface area (Å²) in [5.41, 5.74) is 1.80. The Hall–Kier alpha value is -1.06. The van der Waals surface area contributed by atoms with Crippen LogP contribution in [0.25, 0.3) is 0 Å². The van der Waals surface area contributed by atoms with E-state index in [1.807, 2.05) is 19.1 Å². The fourth-order valence-electron chi connectivity index (χ4n) is 2.24. The van der Waals surface area contributed by atoms with Crippen LogP contribution in [0.4, 0.5) is 5.69 Å². The van der Waals surface area contributed by atoms with Gasteiger partial charge in [-0.05, 0) is 56.5 Å². The largest absolute Gasteiger partial charge is 0.326 e. The maximum Gasteiger partial charge on any atom is 0.224 e. The lowest BCUT2D eigenvalue weighted by atomic mass is 9.96. The van der Waals surface area contributed by atoms with Crippen molar-refractivity contribution < 1.29 is 4.79 Å². The number of piperidine rings is 1. The molecule has 98 valence electrons. The maximum absolute atomic E-state index is 11.9. The molecule has 1 aliphatic heterocycles. The van der Waals surface area contributed by atoms with Crippen LogP contribution in [-0.2, 0) is 4.79 Å². The zero-order valence-electron chi connectivity index (χ0n) is 10.6. The minimum absolute atomic E-state index is 0.0728. The molecule has 2 N–H and O–H groups in total. The normalized spacial score (nSPS) is 19.6. The molecule has 0 saturated carbocycles. The minimum Gasteiger partial charge on any atom is -0.326 e. The summed E-state index contributed by atoms with van der Waals surface area (Å²) in [4.78, 5) is 11.9. The predicted molar refractivity (Wildman–Crippen MR) is 75.0 cm³/mol. The monoisotopic (exact) mass is 266 g/mol. The van der Waals surface area contributed by atoms with Gasteiger partial charge in [0.1, 0.15) is 0 Å². The molecule has 1 unspecified atom stereocenters. The quantitative estimate of drug-likeness (QED) is 0.883. The Labute approximate surface area is 113 Å². The Morgan fingerprint density at radius 3 is 3.06 bits per heavy atom. The Morgan fingerprint density at radius 2 is 2.39 bits per heavy atom. The Balaban J connectivity index is 1.88. The molecule has 1 saturated heterocycles. The minimum atomic E-state index is 0.0728. The van der Waals surface area contributed by atoms with E-state index in [4.69, 9.17) is 11.6 Å². The average Bonchev–Trinajstić information content (AvgIpc) is 2.35. The summed E-state index contributed by atoms with van der Waals surface area (Å²) < 4.78 is 0. The molecule has 3 nitrogen and oxygen atoms in total. The molecule has 1 fully saturated rings. The van der Waals surface area contributed by atoms with E-state index in [2.05, 4.69) is 10.6 Å². The van der Waals surface area contributed by atoms with Gasteiger partial charge in [-0.2, -0.15) is 0 Å². The van der Waals surface area contributed by atoms with E-state index in [0.717, 1.165) is 37.2 Å². The molecule has 1 aliphatic rings. The third kappa shape index (κ3) is 3.72. The summed E-state index contributed by atoms with van der Waals surface area (Å²) in [5.74, 6) is 0.531. The Morgan fingerprint density at radius 1 is 1.56 bits per heavy atom. The van der Waals surface area contributed by atoms with E-state index < -0.39 is 0 Å². The predicted octanol–water partition coefficient (Wildman–Crippen LogP) is 2.98. The van der Waals surface area contributed by atoms with Crippen molar-refractivity contribution in [2.75, 3.05) is 18.4 Å². The van der Waals surface area contributed by atoms with Crippen LogP contribution in [-0.4, -0.2) is 19.0 Å². The van der Waals surface area contributed by atoms with Crippen molar-refractivity contribution in [1.82, 2.24) is 5.32 Å². The van der Waals surface area contributed by atoms with Crippen molar-refractivity contribution in [1.29, 1.82) is 0 Å². The number of anilines is 1. The highest BCUT2D eigenvalue weighted by molar-refractivity contribution is 6.31. The average molecular weight is 267 g/mol. The zero-order chi connectivity index (χ0) is 13.0. The molecule has 1 amide bonds. The van der Waals surface area contributed by atoms with Gasteiger partial charge in [0, 0.05) is 17.1 Å². The van der Waals surface area contributed by atoms with Crippen LogP contribution < -0.4 is 10.6 Å². The summed E-state index contributed by atoms with van der Waals surface area (Å²) in [6.45, 7) is 3.97. The number of nitrogens with one attached hydrogen (secondary N) is 2. The van der Waals surface area contributed by atoms with E-state index in [1.54, 1.807) is 6.07 Å². The van der Waals surface area contributed by atoms with Crippen LogP contribution in [0.5, 0.6) is 0 Å². The highest BCUT2D eigenvalue weighted by Crippen LogP contribution is 2.21. The van der Waals surface area contributed by atoms with Crippen LogP contribution in [0, 0.1) is 12.8 Å². The molecular weight excluding hydrogens is 248 g/mol. The summed E-state index contributed by atoms with van der Waals surface area (Å²) in [6, 6.07) is 5.60. The number of amides is 1. The lowest BCUT2D eigenvalue weighted by Crippen LogP contribution is -2.32. The third-order valence-corrected chi connectivity index (χ3v) is 3.74. The number of carbonyl (C=O) groups is 1. The molecule has 1 atom stereocenters. The van der Waals surface area contributed by atoms with Gasteiger partial charge in [-0.1, -0.05) is 17.7 Å². The summed E-state index contributed by atoms with van der Waals surface area (Å²) in [7, 11) is 0. The van der Waals surface area contributed by atoms with Gasteiger partial charge in [-0.3, -0.25) is 4.79 Å². The second-order valence-corrected chi connectivity index (χ2v) is 5.34. The summed E-state index contributed by atoms with van der Waals surface area (Å²) in [5, 5.41) is 6.91. The van der Waals surface area contributed by atoms with Gasteiger partial charge in [0.05, 0.1) is 0 Å². The second-order valence-electron chi connectivity index (χ2n) is 4.93. The van der Waals surface area contributed by atoms with Crippen LogP contribution >= 0.6 is 11.6 Å². The van der Waals surface area contributed by atoms with E-state index in [-0.39, 0.29) is 5.91 Å². The van der Waals surface area contributed by atoms with Crippen molar-refractivity contribution >= 4 is 23.2 Å². The first-order valence-corrected chi connectivity index (χ1v) is 6.79.